The van der Waals surface area contributed by atoms with Gasteiger partial charge in [0.05, 0.1) is 23.0 Å². The van der Waals surface area contributed by atoms with E-state index in [1.54, 1.807) is 4.90 Å². The van der Waals surface area contributed by atoms with Gasteiger partial charge in [0.1, 0.15) is 18.7 Å². The standard InChI is InChI=1S/C39H43ClF3N5O5/c1-2-45-18-20-46(21-19-45)33(49)17-16-31(36(50)44-24-27-12-9-15-29(22-27)39(41,42)43)47-34(30(40)23-26-10-5-3-6-11-26)35(37(47)51)48-32(25-53-38(48)52)28-13-7-4-8-14-28/h3-15,22,30-32,34-35H,2,16-21,23-25H2,1H3,(H,44,50)/t30?,31-,32+,34+,35-/m0/s1. The molecule has 53 heavy (non-hydrogen) atoms. The van der Waals surface area contributed by atoms with Crippen molar-refractivity contribution in [3.8, 4) is 0 Å². The summed E-state index contributed by atoms with van der Waals surface area (Å²) in [7, 11) is 0. The Morgan fingerprint density at radius 2 is 1.58 bits per heavy atom. The van der Waals surface area contributed by atoms with Gasteiger partial charge in [0.15, 0.2) is 0 Å². The van der Waals surface area contributed by atoms with Crippen molar-refractivity contribution in [2.75, 3.05) is 39.3 Å². The van der Waals surface area contributed by atoms with Gasteiger partial charge in [-0.1, -0.05) is 79.7 Å². The highest BCUT2D eigenvalue weighted by molar-refractivity contribution is 6.22. The predicted octanol–water partition coefficient (Wildman–Crippen LogP) is 5.26. The van der Waals surface area contributed by atoms with Crippen molar-refractivity contribution >= 4 is 35.4 Å². The van der Waals surface area contributed by atoms with E-state index in [9.17, 15) is 32.3 Å². The Balaban J connectivity index is 1.30. The molecule has 14 heteroatoms. The largest absolute Gasteiger partial charge is 0.447 e. The van der Waals surface area contributed by atoms with Crippen LogP contribution in [0, 0.1) is 0 Å². The molecule has 0 radical (unpaired) electrons. The topological polar surface area (TPSA) is 103 Å². The molecule has 1 unspecified atom stereocenters. The summed E-state index contributed by atoms with van der Waals surface area (Å²) in [6.07, 6.45) is -5.07. The van der Waals surface area contributed by atoms with E-state index < -0.39 is 59.2 Å². The lowest BCUT2D eigenvalue weighted by Gasteiger charge is -2.55. The van der Waals surface area contributed by atoms with Crippen molar-refractivity contribution in [3.05, 3.63) is 107 Å². The van der Waals surface area contributed by atoms with Crippen LogP contribution in [0.25, 0.3) is 0 Å². The number of carbonyl (C=O) groups is 4. The van der Waals surface area contributed by atoms with Gasteiger partial charge in [0, 0.05) is 39.1 Å². The molecule has 5 atom stereocenters. The molecule has 1 N–H and O–H groups in total. The fraction of sp³-hybridized carbons (Fsp3) is 0.436. The first kappa shape index (κ1) is 38.1. The lowest BCUT2D eigenvalue weighted by molar-refractivity contribution is -0.167. The number of β-lactam (4-membered cyclic amide) rings is 1. The molecule has 3 aromatic carbocycles. The van der Waals surface area contributed by atoms with Gasteiger partial charge in [-0.3, -0.25) is 19.3 Å². The summed E-state index contributed by atoms with van der Waals surface area (Å²) in [6, 6.07) is 19.4. The summed E-state index contributed by atoms with van der Waals surface area (Å²) in [5.41, 5.74) is 1.00. The number of nitrogens with one attached hydrogen (secondary N) is 1. The van der Waals surface area contributed by atoms with E-state index >= 15 is 0 Å². The molecular weight excluding hydrogens is 711 g/mol. The van der Waals surface area contributed by atoms with E-state index in [1.165, 1.54) is 21.9 Å². The molecule has 10 nitrogen and oxygen atoms in total. The van der Waals surface area contributed by atoms with E-state index in [2.05, 4.69) is 17.1 Å². The molecule has 3 aliphatic rings. The average molecular weight is 754 g/mol. The van der Waals surface area contributed by atoms with Crippen molar-refractivity contribution in [1.29, 1.82) is 0 Å². The Labute approximate surface area is 311 Å². The minimum Gasteiger partial charge on any atom is -0.447 e. The minimum absolute atomic E-state index is 0.0195. The normalized spacial score (nSPS) is 21.9. The predicted molar refractivity (Wildman–Crippen MR) is 192 cm³/mol. The lowest BCUT2D eigenvalue weighted by atomic mass is 9.84. The molecule has 3 heterocycles. The van der Waals surface area contributed by atoms with E-state index in [-0.39, 0.29) is 37.5 Å². The van der Waals surface area contributed by atoms with Gasteiger partial charge in [0.2, 0.25) is 17.7 Å². The van der Waals surface area contributed by atoms with Crippen LogP contribution in [0.2, 0.25) is 0 Å². The zero-order valence-electron chi connectivity index (χ0n) is 29.4. The number of hydrogen-bond donors (Lipinski definition) is 1. The molecular formula is C39H43ClF3N5O5. The van der Waals surface area contributed by atoms with Crippen LogP contribution in [0.5, 0.6) is 0 Å². The third-order valence-electron chi connectivity index (χ3n) is 10.4. The summed E-state index contributed by atoms with van der Waals surface area (Å²) in [4.78, 5) is 62.2. The molecule has 282 valence electrons. The van der Waals surface area contributed by atoms with E-state index in [0.29, 0.717) is 19.5 Å². The number of benzene rings is 3. The highest BCUT2D eigenvalue weighted by atomic mass is 35.5. The number of cyclic esters (lactones) is 1. The van der Waals surface area contributed by atoms with Crippen LogP contribution < -0.4 is 5.32 Å². The Morgan fingerprint density at radius 1 is 0.925 bits per heavy atom. The van der Waals surface area contributed by atoms with Crippen molar-refractivity contribution in [1.82, 2.24) is 24.9 Å². The van der Waals surface area contributed by atoms with Crippen LogP contribution in [0.15, 0.2) is 84.9 Å². The number of carbonyl (C=O) groups excluding carboxylic acids is 4. The molecule has 0 aliphatic carbocycles. The average Bonchev–Trinajstić information content (AvgIpc) is 3.54. The molecule has 3 saturated heterocycles. The summed E-state index contributed by atoms with van der Waals surface area (Å²) in [5.74, 6) is -1.34. The number of likely N-dealkylation sites (N-methyl/N-ethyl adjacent to an activating group) is 1. The zero-order chi connectivity index (χ0) is 37.7. The summed E-state index contributed by atoms with van der Waals surface area (Å²) in [6.45, 7) is 5.21. The van der Waals surface area contributed by atoms with Crippen LogP contribution in [-0.4, -0.2) is 106 Å². The number of amides is 4. The number of hydrogen-bond acceptors (Lipinski definition) is 6. The van der Waals surface area contributed by atoms with E-state index in [0.717, 1.165) is 42.9 Å². The fourth-order valence-corrected chi connectivity index (χ4v) is 7.89. The van der Waals surface area contributed by atoms with Gasteiger partial charge in [-0.05, 0) is 48.2 Å². The van der Waals surface area contributed by atoms with Gasteiger partial charge >= 0.3 is 12.3 Å². The van der Waals surface area contributed by atoms with Crippen LogP contribution >= 0.6 is 11.6 Å². The van der Waals surface area contributed by atoms with E-state index in [1.807, 2.05) is 60.7 Å². The second-order valence-electron chi connectivity index (χ2n) is 13.6. The van der Waals surface area contributed by atoms with Gasteiger partial charge in [-0.15, -0.1) is 11.6 Å². The van der Waals surface area contributed by atoms with Crippen LogP contribution in [0.1, 0.15) is 48.1 Å². The van der Waals surface area contributed by atoms with Crippen LogP contribution in [0.3, 0.4) is 0 Å². The Bertz CT molecular complexity index is 1760. The molecule has 0 aromatic heterocycles. The number of likely N-dealkylation sites (tertiary alicyclic amines) is 1. The highest BCUT2D eigenvalue weighted by Crippen LogP contribution is 2.41. The first-order chi connectivity index (χ1) is 25.5. The van der Waals surface area contributed by atoms with Gasteiger partial charge < -0.3 is 24.8 Å². The highest BCUT2D eigenvalue weighted by Gasteiger charge is 2.60. The number of ether oxygens (including phenoxy) is 1. The first-order valence-electron chi connectivity index (χ1n) is 17.9. The molecule has 3 fully saturated rings. The Kier molecular flexibility index (Phi) is 11.9. The maximum atomic E-state index is 14.4. The summed E-state index contributed by atoms with van der Waals surface area (Å²) >= 11 is 7.19. The molecule has 0 bridgehead atoms. The molecule has 6 rings (SSSR count). The number of nitrogens with zero attached hydrogens (tertiary/aromatic N) is 4. The number of alkyl halides is 4. The molecule has 3 aromatic rings. The summed E-state index contributed by atoms with van der Waals surface area (Å²) in [5, 5.41) is 1.94. The molecule has 4 amide bonds. The third kappa shape index (κ3) is 8.62. The molecule has 0 spiro atoms. The fourth-order valence-electron chi connectivity index (χ4n) is 7.46. The SMILES string of the molecule is CCN1CCN(C(=O)CC[C@@H](C(=O)NCc2cccc(C(F)(F)F)c2)N2C(=O)[C@@H](N3C(=O)OC[C@@H]3c3ccccc3)[C@H]2C(Cl)Cc2ccccc2)CC1. The zero-order valence-corrected chi connectivity index (χ0v) is 30.1. The number of piperazine rings is 1. The second-order valence-corrected chi connectivity index (χ2v) is 14.1. The minimum atomic E-state index is -4.57. The number of rotatable bonds is 13. The maximum Gasteiger partial charge on any atom is 0.416 e. The third-order valence-corrected chi connectivity index (χ3v) is 10.8. The Morgan fingerprint density at radius 3 is 2.25 bits per heavy atom. The van der Waals surface area contributed by atoms with Gasteiger partial charge in [0.25, 0.3) is 0 Å². The Hall–Kier alpha value is -4.62. The number of halogens is 4. The monoisotopic (exact) mass is 753 g/mol. The summed E-state index contributed by atoms with van der Waals surface area (Å²) < 4.78 is 45.8. The van der Waals surface area contributed by atoms with Crippen molar-refractivity contribution in [2.24, 2.45) is 0 Å². The van der Waals surface area contributed by atoms with Crippen LogP contribution in [-0.2, 0) is 38.3 Å². The quantitative estimate of drug-likeness (QED) is 0.189. The van der Waals surface area contributed by atoms with Crippen molar-refractivity contribution in [3.63, 3.8) is 0 Å². The lowest BCUT2D eigenvalue weighted by Crippen LogP contribution is -2.77. The maximum absolute atomic E-state index is 14.4. The van der Waals surface area contributed by atoms with Crippen LogP contribution in [0.4, 0.5) is 18.0 Å². The second kappa shape index (κ2) is 16.6. The van der Waals surface area contributed by atoms with E-state index in [4.69, 9.17) is 16.3 Å². The first-order valence-corrected chi connectivity index (χ1v) is 18.3. The van der Waals surface area contributed by atoms with Crippen molar-refractivity contribution in [2.45, 2.75) is 68.5 Å². The smallest absolute Gasteiger partial charge is 0.416 e. The van der Waals surface area contributed by atoms with Crippen molar-refractivity contribution < 1.29 is 37.1 Å². The van der Waals surface area contributed by atoms with Gasteiger partial charge in [-0.2, -0.15) is 13.2 Å². The molecule has 3 aliphatic heterocycles. The molecule has 0 saturated carbocycles. The van der Waals surface area contributed by atoms with Gasteiger partial charge in [-0.25, -0.2) is 4.79 Å².